The number of aromatic nitrogens is 3. The van der Waals surface area contributed by atoms with Gasteiger partial charge in [-0.3, -0.25) is 14.4 Å². The second-order valence-electron chi connectivity index (χ2n) is 8.15. The van der Waals surface area contributed by atoms with Gasteiger partial charge in [0.2, 0.25) is 5.91 Å². The predicted molar refractivity (Wildman–Crippen MR) is 96.4 cm³/mol. The minimum absolute atomic E-state index is 0.165. The molecule has 8 nitrogen and oxygen atoms in total. The van der Waals surface area contributed by atoms with E-state index in [2.05, 4.69) is 26.3 Å². The summed E-state index contributed by atoms with van der Waals surface area (Å²) in [4.78, 5) is 19.5. The highest BCUT2D eigenvalue weighted by Crippen LogP contribution is 2.37. The normalized spacial score (nSPS) is 31.6. The molecule has 0 aliphatic carbocycles. The van der Waals surface area contributed by atoms with Crippen LogP contribution in [0.4, 0.5) is 0 Å². The zero-order valence-corrected chi connectivity index (χ0v) is 15.9. The molecule has 1 amide bonds. The van der Waals surface area contributed by atoms with E-state index in [9.17, 15) is 4.79 Å². The van der Waals surface area contributed by atoms with Gasteiger partial charge in [0, 0.05) is 38.4 Å². The molecular weight excluding hydrogens is 332 g/mol. The van der Waals surface area contributed by atoms with Crippen molar-refractivity contribution in [1.82, 2.24) is 29.7 Å². The molecule has 4 saturated heterocycles. The monoisotopic (exact) mass is 362 g/mol. The summed E-state index contributed by atoms with van der Waals surface area (Å²) in [6.45, 7) is 6.53. The van der Waals surface area contributed by atoms with Gasteiger partial charge in [0.1, 0.15) is 0 Å². The number of hydrogen-bond donors (Lipinski definition) is 0. The van der Waals surface area contributed by atoms with Crippen LogP contribution >= 0.6 is 0 Å². The van der Waals surface area contributed by atoms with Crippen LogP contribution < -0.4 is 0 Å². The Morgan fingerprint density at radius 2 is 2.12 bits per heavy atom. The lowest BCUT2D eigenvalue weighted by atomic mass is 9.75. The Bertz CT molecular complexity index is 627. The highest BCUT2D eigenvalue weighted by molar-refractivity contribution is 5.79. The Labute approximate surface area is 155 Å². The van der Waals surface area contributed by atoms with Gasteiger partial charge in [-0.15, -0.1) is 5.10 Å². The molecule has 4 atom stereocenters. The number of morpholine rings is 1. The van der Waals surface area contributed by atoms with Gasteiger partial charge in [0.15, 0.2) is 0 Å². The quantitative estimate of drug-likeness (QED) is 0.729. The van der Waals surface area contributed by atoms with Gasteiger partial charge in [0.25, 0.3) is 0 Å². The third-order valence-corrected chi connectivity index (χ3v) is 5.98. The molecule has 1 aromatic heterocycles. The molecule has 0 aromatic carbocycles. The SMILES string of the molecule is CN(C)Cc1cn(CC2CC3CCN2CC3C(=O)N2CCOCC2)nn1. The topological polar surface area (TPSA) is 66.7 Å². The van der Waals surface area contributed by atoms with E-state index in [1.54, 1.807) is 0 Å². The molecule has 5 heterocycles. The number of amides is 1. The number of rotatable bonds is 5. The van der Waals surface area contributed by atoms with Crippen molar-refractivity contribution in [3.8, 4) is 0 Å². The highest BCUT2D eigenvalue weighted by atomic mass is 16.5. The Hall–Kier alpha value is -1.51. The molecule has 4 unspecified atom stereocenters. The lowest BCUT2D eigenvalue weighted by Gasteiger charge is -2.50. The maximum absolute atomic E-state index is 12.9. The molecule has 4 aliphatic heterocycles. The van der Waals surface area contributed by atoms with Crippen LogP contribution in [0.3, 0.4) is 0 Å². The summed E-state index contributed by atoms with van der Waals surface area (Å²) >= 11 is 0. The average Bonchev–Trinajstić information content (AvgIpc) is 3.08. The Balaban J connectivity index is 1.36. The van der Waals surface area contributed by atoms with Crippen molar-refractivity contribution in [3.63, 3.8) is 0 Å². The van der Waals surface area contributed by atoms with Crippen molar-refractivity contribution in [1.29, 1.82) is 0 Å². The molecule has 144 valence electrons. The lowest BCUT2D eigenvalue weighted by Crippen LogP contribution is -2.59. The number of nitrogens with zero attached hydrogens (tertiary/aromatic N) is 6. The molecule has 0 N–H and O–H groups in total. The number of carbonyl (C=O) groups is 1. The van der Waals surface area contributed by atoms with Crippen LogP contribution in [0.25, 0.3) is 0 Å². The van der Waals surface area contributed by atoms with Crippen LogP contribution in [0, 0.1) is 11.8 Å². The first-order valence-electron chi connectivity index (χ1n) is 9.74. The van der Waals surface area contributed by atoms with Crippen molar-refractivity contribution in [2.24, 2.45) is 11.8 Å². The van der Waals surface area contributed by atoms with E-state index >= 15 is 0 Å². The molecule has 4 aliphatic rings. The van der Waals surface area contributed by atoms with E-state index < -0.39 is 0 Å². The average molecular weight is 362 g/mol. The molecule has 8 heteroatoms. The summed E-state index contributed by atoms with van der Waals surface area (Å²) in [5.41, 5.74) is 1.01. The van der Waals surface area contributed by atoms with Gasteiger partial charge in [-0.1, -0.05) is 5.21 Å². The van der Waals surface area contributed by atoms with Gasteiger partial charge in [-0.05, 0) is 39.4 Å². The Kier molecular flexibility index (Phi) is 5.24. The standard InChI is InChI=1S/C18H30N6O2/c1-21(2)10-15-11-24(20-19-15)12-16-9-14-3-4-23(16)13-17(14)18(25)22-5-7-26-8-6-22/h11,14,16-17H,3-10,12-13H2,1-2H3. The van der Waals surface area contributed by atoms with Gasteiger partial charge in [0.05, 0.1) is 31.4 Å². The zero-order chi connectivity index (χ0) is 18.1. The third kappa shape index (κ3) is 3.77. The van der Waals surface area contributed by atoms with Crippen LogP contribution in [0.5, 0.6) is 0 Å². The number of piperidine rings is 3. The van der Waals surface area contributed by atoms with E-state index in [-0.39, 0.29) is 5.92 Å². The van der Waals surface area contributed by atoms with Gasteiger partial charge in [-0.25, -0.2) is 0 Å². The summed E-state index contributed by atoms with van der Waals surface area (Å²) in [6, 6.07) is 0.469. The number of ether oxygens (including phenoxy) is 1. The predicted octanol–water partition coefficient (Wildman–Crippen LogP) is -0.0911. The van der Waals surface area contributed by atoms with Crippen molar-refractivity contribution in [2.75, 3.05) is 53.5 Å². The summed E-state index contributed by atoms with van der Waals surface area (Å²) < 4.78 is 7.36. The van der Waals surface area contributed by atoms with Crippen LogP contribution in [0.1, 0.15) is 18.5 Å². The largest absolute Gasteiger partial charge is 0.378 e. The molecule has 5 rings (SSSR count). The fraction of sp³-hybridized carbons (Fsp3) is 0.833. The first-order chi connectivity index (χ1) is 12.6. The molecule has 2 bridgehead atoms. The van der Waals surface area contributed by atoms with Crippen LogP contribution in [0.2, 0.25) is 0 Å². The number of hydrogen-bond acceptors (Lipinski definition) is 6. The molecule has 26 heavy (non-hydrogen) atoms. The zero-order valence-electron chi connectivity index (χ0n) is 15.9. The van der Waals surface area contributed by atoms with E-state index in [4.69, 9.17) is 4.74 Å². The molecule has 1 aromatic rings. The van der Waals surface area contributed by atoms with E-state index in [1.165, 1.54) is 0 Å². The fourth-order valence-corrected chi connectivity index (χ4v) is 4.67. The van der Waals surface area contributed by atoms with Gasteiger partial charge >= 0.3 is 0 Å². The van der Waals surface area contributed by atoms with Gasteiger partial charge < -0.3 is 14.5 Å². The summed E-state index contributed by atoms with van der Waals surface area (Å²) in [5, 5.41) is 8.57. The first-order valence-corrected chi connectivity index (χ1v) is 9.74. The van der Waals surface area contributed by atoms with E-state index in [1.807, 2.05) is 23.7 Å². The van der Waals surface area contributed by atoms with Crippen LogP contribution in [-0.4, -0.2) is 95.1 Å². The van der Waals surface area contributed by atoms with Crippen LogP contribution in [-0.2, 0) is 22.6 Å². The Morgan fingerprint density at radius 1 is 1.31 bits per heavy atom. The molecule has 0 radical (unpaired) electrons. The van der Waals surface area contributed by atoms with Crippen molar-refractivity contribution in [3.05, 3.63) is 11.9 Å². The van der Waals surface area contributed by atoms with Crippen molar-refractivity contribution < 1.29 is 9.53 Å². The van der Waals surface area contributed by atoms with Crippen LogP contribution in [0.15, 0.2) is 6.20 Å². The minimum atomic E-state index is 0.165. The number of fused-ring (bicyclic) bond motifs is 3. The van der Waals surface area contributed by atoms with E-state index in [0.717, 1.165) is 57.8 Å². The van der Waals surface area contributed by atoms with Gasteiger partial charge in [-0.2, -0.15) is 0 Å². The smallest absolute Gasteiger partial charge is 0.227 e. The maximum Gasteiger partial charge on any atom is 0.227 e. The summed E-state index contributed by atoms with van der Waals surface area (Å²) in [7, 11) is 4.08. The molecule has 0 spiro atoms. The summed E-state index contributed by atoms with van der Waals surface area (Å²) in [6.07, 6.45) is 4.28. The highest BCUT2D eigenvalue weighted by Gasteiger charge is 2.44. The molecular formula is C18H30N6O2. The number of carbonyl (C=O) groups excluding carboxylic acids is 1. The first kappa shape index (κ1) is 17.9. The van der Waals surface area contributed by atoms with Crippen molar-refractivity contribution in [2.45, 2.75) is 32.0 Å². The third-order valence-electron chi connectivity index (χ3n) is 5.98. The second-order valence-corrected chi connectivity index (χ2v) is 8.15. The summed E-state index contributed by atoms with van der Waals surface area (Å²) in [5.74, 6) is 1.01. The second kappa shape index (κ2) is 7.62. The van der Waals surface area contributed by atoms with Crippen molar-refractivity contribution >= 4 is 5.91 Å². The fourth-order valence-electron chi connectivity index (χ4n) is 4.67. The molecule has 0 saturated carbocycles. The van der Waals surface area contributed by atoms with E-state index in [0.29, 0.717) is 31.1 Å². The minimum Gasteiger partial charge on any atom is -0.378 e. The Morgan fingerprint density at radius 3 is 2.81 bits per heavy atom. The lowest BCUT2D eigenvalue weighted by molar-refractivity contribution is -0.148. The molecule has 4 fully saturated rings. The maximum atomic E-state index is 12.9.